The van der Waals surface area contributed by atoms with Gasteiger partial charge in [-0.1, -0.05) is 12.1 Å². The second-order valence-electron chi connectivity index (χ2n) is 6.46. The van der Waals surface area contributed by atoms with Crippen LogP contribution in [0.3, 0.4) is 0 Å². The lowest BCUT2D eigenvalue weighted by atomic mass is 10.1. The molecule has 0 saturated heterocycles. The third-order valence-electron chi connectivity index (χ3n) is 4.42. The zero-order valence-corrected chi connectivity index (χ0v) is 16.6. The summed E-state index contributed by atoms with van der Waals surface area (Å²) in [6.45, 7) is 5.44. The van der Waals surface area contributed by atoms with Crippen LogP contribution in [0.2, 0.25) is 0 Å². The van der Waals surface area contributed by atoms with Gasteiger partial charge in [-0.25, -0.2) is 4.79 Å². The molecule has 0 bridgehead atoms. The van der Waals surface area contributed by atoms with Gasteiger partial charge in [0.2, 0.25) is 5.76 Å². The first-order chi connectivity index (χ1) is 14.3. The number of rotatable bonds is 7. The molecule has 1 unspecified atom stereocenters. The number of hydrogen-bond donors (Lipinski definition) is 1. The molecule has 0 saturated carbocycles. The zero-order chi connectivity index (χ0) is 21.8. The van der Waals surface area contributed by atoms with E-state index < -0.39 is 22.9 Å². The molecule has 0 aliphatic carbocycles. The molecule has 2 aromatic carbocycles. The van der Waals surface area contributed by atoms with E-state index in [1.54, 1.807) is 31.2 Å². The topological polar surface area (TPSA) is 121 Å². The minimum Gasteiger partial charge on any atom is -0.494 e. The van der Waals surface area contributed by atoms with Crippen LogP contribution in [-0.2, 0) is 9.53 Å². The summed E-state index contributed by atoms with van der Waals surface area (Å²) in [5.74, 6) is -0.896. The van der Waals surface area contributed by atoms with Crippen LogP contribution in [0.5, 0.6) is 5.75 Å². The van der Waals surface area contributed by atoms with Crippen molar-refractivity contribution >= 4 is 34.2 Å². The van der Waals surface area contributed by atoms with E-state index in [2.05, 4.69) is 5.32 Å². The predicted octanol–water partition coefficient (Wildman–Crippen LogP) is 4.23. The summed E-state index contributed by atoms with van der Waals surface area (Å²) in [5.41, 5.74) is 0.796. The number of hydrogen-bond acceptors (Lipinski definition) is 7. The monoisotopic (exact) mass is 412 g/mol. The van der Waals surface area contributed by atoms with E-state index in [4.69, 9.17) is 13.9 Å². The third-order valence-corrected chi connectivity index (χ3v) is 4.42. The van der Waals surface area contributed by atoms with Gasteiger partial charge in [-0.2, -0.15) is 0 Å². The quantitative estimate of drug-likeness (QED) is 0.350. The van der Waals surface area contributed by atoms with Crippen molar-refractivity contribution in [3.05, 3.63) is 63.9 Å². The first-order valence-corrected chi connectivity index (χ1v) is 9.23. The summed E-state index contributed by atoms with van der Waals surface area (Å²) in [6.07, 6.45) is -1.20. The number of furan rings is 1. The molecule has 1 atom stereocenters. The number of nitro groups is 1. The summed E-state index contributed by atoms with van der Waals surface area (Å²) < 4.78 is 16.3. The molecule has 3 aromatic rings. The van der Waals surface area contributed by atoms with Crippen molar-refractivity contribution in [1.29, 1.82) is 0 Å². The number of carbonyl (C=O) groups excluding carboxylic acids is 2. The lowest BCUT2D eigenvalue weighted by Crippen LogP contribution is -2.30. The Morgan fingerprint density at radius 3 is 2.67 bits per heavy atom. The molecular formula is C21H20N2O7. The van der Waals surface area contributed by atoms with Crippen molar-refractivity contribution < 1.29 is 28.4 Å². The van der Waals surface area contributed by atoms with Gasteiger partial charge in [-0.3, -0.25) is 14.9 Å². The lowest BCUT2D eigenvalue weighted by Gasteiger charge is -2.13. The minimum absolute atomic E-state index is 0.0128. The molecule has 9 nitrogen and oxygen atoms in total. The minimum atomic E-state index is -1.20. The number of carbonyl (C=O) groups is 2. The van der Waals surface area contributed by atoms with Crippen molar-refractivity contribution in [3.8, 4) is 5.75 Å². The van der Waals surface area contributed by atoms with Gasteiger partial charge in [0.1, 0.15) is 17.0 Å². The largest absolute Gasteiger partial charge is 0.494 e. The first kappa shape index (κ1) is 20.8. The molecular weight excluding hydrogens is 392 g/mol. The maximum atomic E-state index is 12.6. The van der Waals surface area contributed by atoms with E-state index in [1.807, 2.05) is 6.92 Å². The lowest BCUT2D eigenvalue weighted by molar-refractivity contribution is -0.383. The van der Waals surface area contributed by atoms with Crippen LogP contribution in [0.25, 0.3) is 11.0 Å². The smallest absolute Gasteiger partial charge is 0.375 e. The number of amides is 1. The van der Waals surface area contributed by atoms with Crippen LogP contribution in [0, 0.1) is 17.0 Å². The molecule has 9 heteroatoms. The van der Waals surface area contributed by atoms with Crippen molar-refractivity contribution in [2.45, 2.75) is 26.9 Å². The van der Waals surface area contributed by atoms with Crippen LogP contribution in [0.1, 0.15) is 30.0 Å². The Kier molecular flexibility index (Phi) is 6.01. The zero-order valence-electron chi connectivity index (χ0n) is 16.6. The Bertz CT molecular complexity index is 1120. The van der Waals surface area contributed by atoms with Crippen molar-refractivity contribution in [3.63, 3.8) is 0 Å². The predicted molar refractivity (Wildman–Crippen MR) is 109 cm³/mol. The maximum Gasteiger partial charge on any atom is 0.375 e. The van der Waals surface area contributed by atoms with Gasteiger partial charge in [0.25, 0.3) is 11.6 Å². The van der Waals surface area contributed by atoms with Gasteiger partial charge in [0.15, 0.2) is 6.10 Å². The molecule has 0 fully saturated rings. The molecule has 1 heterocycles. The molecule has 1 aromatic heterocycles. The summed E-state index contributed by atoms with van der Waals surface area (Å²) >= 11 is 0. The van der Waals surface area contributed by atoms with Gasteiger partial charge >= 0.3 is 5.97 Å². The number of nitro benzene ring substituents is 1. The van der Waals surface area contributed by atoms with E-state index in [-0.39, 0.29) is 17.1 Å². The fourth-order valence-corrected chi connectivity index (χ4v) is 2.89. The van der Waals surface area contributed by atoms with Gasteiger partial charge in [0, 0.05) is 17.0 Å². The number of anilines is 1. The molecule has 1 amide bonds. The highest BCUT2D eigenvalue weighted by Crippen LogP contribution is 2.30. The maximum absolute atomic E-state index is 12.6. The van der Waals surface area contributed by atoms with Gasteiger partial charge < -0.3 is 19.2 Å². The SMILES string of the molecule is CCOc1ccc2oc(C(=O)OC(C)C(=O)Nc3ccccc3[N+](=O)[O-])c(C)c2c1. The molecule has 30 heavy (non-hydrogen) atoms. The molecule has 0 spiro atoms. The summed E-state index contributed by atoms with van der Waals surface area (Å²) in [6, 6.07) is 10.9. The number of benzene rings is 2. The van der Waals surface area contributed by atoms with Gasteiger partial charge in [-0.15, -0.1) is 0 Å². The van der Waals surface area contributed by atoms with Crippen LogP contribution in [0.15, 0.2) is 46.9 Å². The van der Waals surface area contributed by atoms with E-state index in [0.29, 0.717) is 28.9 Å². The Hall–Kier alpha value is -3.88. The fraction of sp³-hybridized carbons (Fsp3) is 0.238. The molecule has 1 N–H and O–H groups in total. The number of nitrogens with one attached hydrogen (secondary N) is 1. The second-order valence-corrected chi connectivity index (χ2v) is 6.46. The molecule has 0 radical (unpaired) electrons. The number of para-hydroxylation sites is 2. The standard InChI is InChI=1S/C21H20N2O7/c1-4-28-14-9-10-18-15(11-14)12(2)19(30-18)21(25)29-13(3)20(24)22-16-7-5-6-8-17(16)23(26)27/h5-11,13H,4H2,1-3H3,(H,22,24). The number of ether oxygens (including phenoxy) is 2. The summed E-state index contributed by atoms with van der Waals surface area (Å²) in [5, 5.41) is 14.2. The summed E-state index contributed by atoms with van der Waals surface area (Å²) in [7, 11) is 0. The average molecular weight is 412 g/mol. The number of fused-ring (bicyclic) bond motifs is 1. The Balaban J connectivity index is 1.75. The Morgan fingerprint density at radius 1 is 1.23 bits per heavy atom. The summed E-state index contributed by atoms with van der Waals surface area (Å²) in [4.78, 5) is 35.4. The second kappa shape index (κ2) is 8.64. The molecule has 156 valence electrons. The van der Waals surface area contributed by atoms with Crippen LogP contribution < -0.4 is 10.1 Å². The number of esters is 1. The van der Waals surface area contributed by atoms with Crippen molar-refractivity contribution in [2.75, 3.05) is 11.9 Å². The number of nitrogens with zero attached hydrogens (tertiary/aromatic N) is 1. The highest BCUT2D eigenvalue weighted by molar-refractivity contribution is 6.00. The van der Waals surface area contributed by atoms with Crippen molar-refractivity contribution in [2.24, 2.45) is 0 Å². The van der Waals surface area contributed by atoms with E-state index in [9.17, 15) is 19.7 Å². The normalized spacial score (nSPS) is 11.7. The molecule has 0 aliphatic heterocycles. The highest BCUT2D eigenvalue weighted by atomic mass is 16.6. The van der Waals surface area contributed by atoms with E-state index in [1.165, 1.54) is 25.1 Å². The van der Waals surface area contributed by atoms with Gasteiger partial charge in [-0.05, 0) is 45.0 Å². The van der Waals surface area contributed by atoms with E-state index in [0.717, 1.165) is 0 Å². The third kappa shape index (κ3) is 4.24. The Morgan fingerprint density at radius 2 is 1.97 bits per heavy atom. The van der Waals surface area contributed by atoms with Gasteiger partial charge in [0.05, 0.1) is 11.5 Å². The first-order valence-electron chi connectivity index (χ1n) is 9.23. The van der Waals surface area contributed by atoms with Crippen LogP contribution in [0.4, 0.5) is 11.4 Å². The molecule has 0 aliphatic rings. The average Bonchev–Trinajstić information content (AvgIpc) is 3.04. The van der Waals surface area contributed by atoms with Crippen LogP contribution >= 0.6 is 0 Å². The van der Waals surface area contributed by atoms with E-state index >= 15 is 0 Å². The number of aryl methyl sites for hydroxylation is 1. The highest BCUT2D eigenvalue weighted by Gasteiger charge is 2.25. The fourth-order valence-electron chi connectivity index (χ4n) is 2.89. The van der Waals surface area contributed by atoms with Crippen LogP contribution in [-0.4, -0.2) is 29.5 Å². The Labute approximate surface area is 171 Å². The van der Waals surface area contributed by atoms with Crippen molar-refractivity contribution in [1.82, 2.24) is 0 Å². The molecule has 3 rings (SSSR count).